The minimum Gasteiger partial charge on any atom is -0.460 e. The number of hydrogen-bond donors (Lipinski definition) is 0. The highest BCUT2D eigenvalue weighted by Gasteiger charge is 2.28. The number of esters is 1. The summed E-state index contributed by atoms with van der Waals surface area (Å²) < 4.78 is 7.02. The molecule has 0 unspecified atom stereocenters. The first-order chi connectivity index (χ1) is 9.17. The standard InChI is InChI=1S/C13H21N3O2S/c1-4-18-13(17)12-15-14-9(2)16(12)10-5-7-11(19-3)8-6-10/h10-11H,4-8H2,1-3H3. The first-order valence-corrected chi connectivity index (χ1v) is 8.07. The van der Waals surface area contributed by atoms with Gasteiger partial charge in [0.1, 0.15) is 5.82 Å². The average Bonchev–Trinajstić information content (AvgIpc) is 2.81. The number of carbonyl (C=O) groups is 1. The van der Waals surface area contributed by atoms with Gasteiger partial charge < -0.3 is 9.30 Å². The number of carbonyl (C=O) groups excluding carboxylic acids is 1. The Balaban J connectivity index is 2.15. The molecule has 1 aromatic heterocycles. The second kappa shape index (κ2) is 6.41. The maximum absolute atomic E-state index is 11.9. The Morgan fingerprint density at radius 3 is 2.63 bits per heavy atom. The summed E-state index contributed by atoms with van der Waals surface area (Å²) >= 11 is 1.94. The van der Waals surface area contributed by atoms with Gasteiger partial charge in [0.15, 0.2) is 0 Å². The van der Waals surface area contributed by atoms with Crippen LogP contribution in [0.25, 0.3) is 0 Å². The fraction of sp³-hybridized carbons (Fsp3) is 0.769. The van der Waals surface area contributed by atoms with E-state index in [0.717, 1.165) is 23.9 Å². The lowest BCUT2D eigenvalue weighted by Crippen LogP contribution is -2.24. The molecule has 0 saturated heterocycles. The molecule has 0 atom stereocenters. The molecule has 0 N–H and O–H groups in total. The zero-order valence-corrected chi connectivity index (χ0v) is 12.6. The van der Waals surface area contributed by atoms with Crippen LogP contribution in [-0.4, -0.2) is 38.8 Å². The molecule has 1 aliphatic rings. The van der Waals surface area contributed by atoms with E-state index in [1.807, 2.05) is 23.3 Å². The van der Waals surface area contributed by atoms with E-state index in [1.165, 1.54) is 12.8 Å². The second-order valence-corrected chi connectivity index (χ2v) is 5.97. The SMILES string of the molecule is CCOC(=O)c1nnc(C)n1C1CCC(SC)CC1. The van der Waals surface area contributed by atoms with Gasteiger partial charge in [-0.3, -0.25) is 0 Å². The van der Waals surface area contributed by atoms with E-state index < -0.39 is 0 Å². The second-order valence-electron chi connectivity index (χ2n) is 4.83. The quantitative estimate of drug-likeness (QED) is 0.795. The van der Waals surface area contributed by atoms with E-state index in [2.05, 4.69) is 16.5 Å². The lowest BCUT2D eigenvalue weighted by atomic mass is 9.94. The number of rotatable bonds is 4. The summed E-state index contributed by atoms with van der Waals surface area (Å²) in [5.41, 5.74) is 0. The van der Waals surface area contributed by atoms with Gasteiger partial charge in [-0.2, -0.15) is 11.8 Å². The summed E-state index contributed by atoms with van der Waals surface area (Å²) in [5, 5.41) is 8.77. The smallest absolute Gasteiger partial charge is 0.376 e. The molecule has 0 amide bonds. The highest BCUT2D eigenvalue weighted by atomic mass is 32.2. The molecular weight excluding hydrogens is 262 g/mol. The Hall–Kier alpha value is -1.04. The van der Waals surface area contributed by atoms with Crippen molar-refractivity contribution in [3.63, 3.8) is 0 Å². The Kier molecular flexibility index (Phi) is 4.85. The van der Waals surface area contributed by atoms with Crippen molar-refractivity contribution in [1.82, 2.24) is 14.8 Å². The summed E-state index contributed by atoms with van der Waals surface area (Å²) in [6.07, 6.45) is 6.70. The van der Waals surface area contributed by atoms with Gasteiger partial charge in [0.05, 0.1) is 6.61 Å². The molecule has 0 aromatic carbocycles. The van der Waals surface area contributed by atoms with E-state index in [4.69, 9.17) is 4.74 Å². The van der Waals surface area contributed by atoms with Crippen LogP contribution in [-0.2, 0) is 4.74 Å². The zero-order chi connectivity index (χ0) is 13.8. The lowest BCUT2D eigenvalue weighted by Gasteiger charge is -2.29. The Morgan fingerprint density at radius 2 is 2.05 bits per heavy atom. The van der Waals surface area contributed by atoms with Crippen molar-refractivity contribution in [2.75, 3.05) is 12.9 Å². The van der Waals surface area contributed by atoms with Gasteiger partial charge in [0.2, 0.25) is 5.82 Å². The van der Waals surface area contributed by atoms with Crippen molar-refractivity contribution < 1.29 is 9.53 Å². The van der Waals surface area contributed by atoms with Crippen LogP contribution < -0.4 is 0 Å². The zero-order valence-electron chi connectivity index (χ0n) is 11.8. The van der Waals surface area contributed by atoms with E-state index in [-0.39, 0.29) is 5.97 Å². The molecule has 106 valence electrons. The lowest BCUT2D eigenvalue weighted by molar-refractivity contribution is 0.0501. The van der Waals surface area contributed by atoms with E-state index in [1.54, 1.807) is 6.92 Å². The monoisotopic (exact) mass is 283 g/mol. The first-order valence-electron chi connectivity index (χ1n) is 6.78. The molecular formula is C13H21N3O2S. The molecule has 1 fully saturated rings. The minimum absolute atomic E-state index is 0.331. The molecule has 5 nitrogen and oxygen atoms in total. The van der Waals surface area contributed by atoms with Crippen LogP contribution in [0.1, 0.15) is 55.1 Å². The van der Waals surface area contributed by atoms with Crippen molar-refractivity contribution >= 4 is 17.7 Å². The number of nitrogens with zero attached hydrogens (tertiary/aromatic N) is 3. The van der Waals surface area contributed by atoms with Crippen molar-refractivity contribution in [1.29, 1.82) is 0 Å². The number of aryl methyl sites for hydroxylation is 1. The Morgan fingerprint density at radius 1 is 1.37 bits per heavy atom. The van der Waals surface area contributed by atoms with Gasteiger partial charge in [-0.25, -0.2) is 4.79 Å². The van der Waals surface area contributed by atoms with Gasteiger partial charge in [0.25, 0.3) is 0 Å². The maximum atomic E-state index is 11.9. The molecule has 1 aliphatic carbocycles. The highest BCUT2D eigenvalue weighted by molar-refractivity contribution is 7.99. The van der Waals surface area contributed by atoms with Crippen LogP contribution in [0.15, 0.2) is 0 Å². The highest BCUT2D eigenvalue weighted by Crippen LogP contribution is 2.34. The molecule has 0 spiro atoms. The minimum atomic E-state index is -0.366. The number of hydrogen-bond acceptors (Lipinski definition) is 5. The third-order valence-electron chi connectivity index (χ3n) is 3.67. The van der Waals surface area contributed by atoms with Gasteiger partial charge in [0, 0.05) is 11.3 Å². The number of thioether (sulfide) groups is 1. The van der Waals surface area contributed by atoms with Crippen LogP contribution in [0, 0.1) is 6.92 Å². The van der Waals surface area contributed by atoms with Crippen LogP contribution in [0.5, 0.6) is 0 Å². The van der Waals surface area contributed by atoms with Crippen molar-refractivity contribution in [3.8, 4) is 0 Å². The summed E-state index contributed by atoms with van der Waals surface area (Å²) in [7, 11) is 0. The summed E-state index contributed by atoms with van der Waals surface area (Å²) in [6, 6.07) is 0.331. The van der Waals surface area contributed by atoms with Crippen LogP contribution >= 0.6 is 11.8 Å². The summed E-state index contributed by atoms with van der Waals surface area (Å²) in [6.45, 7) is 4.06. The molecule has 0 aliphatic heterocycles. The van der Waals surface area contributed by atoms with E-state index >= 15 is 0 Å². The molecule has 1 heterocycles. The van der Waals surface area contributed by atoms with Crippen LogP contribution in [0.4, 0.5) is 0 Å². The maximum Gasteiger partial charge on any atom is 0.376 e. The molecule has 1 aromatic rings. The van der Waals surface area contributed by atoms with Crippen LogP contribution in [0.2, 0.25) is 0 Å². The third kappa shape index (κ3) is 3.11. The average molecular weight is 283 g/mol. The summed E-state index contributed by atoms with van der Waals surface area (Å²) in [5.74, 6) is 0.790. The Bertz CT molecular complexity index is 439. The van der Waals surface area contributed by atoms with Crippen molar-refractivity contribution in [2.45, 2.75) is 50.8 Å². The van der Waals surface area contributed by atoms with E-state index in [0.29, 0.717) is 18.5 Å². The third-order valence-corrected chi connectivity index (χ3v) is 4.80. The van der Waals surface area contributed by atoms with Gasteiger partial charge in [-0.1, -0.05) is 0 Å². The number of aromatic nitrogens is 3. The largest absolute Gasteiger partial charge is 0.460 e. The predicted octanol–water partition coefficient (Wildman–Crippen LogP) is 2.61. The first kappa shape index (κ1) is 14.4. The van der Waals surface area contributed by atoms with Gasteiger partial charge >= 0.3 is 5.97 Å². The molecule has 6 heteroatoms. The molecule has 19 heavy (non-hydrogen) atoms. The fourth-order valence-electron chi connectivity index (χ4n) is 2.68. The molecule has 0 bridgehead atoms. The Labute approximate surface area is 118 Å². The normalized spacial score (nSPS) is 23.3. The number of ether oxygens (including phenoxy) is 1. The van der Waals surface area contributed by atoms with Crippen molar-refractivity contribution in [2.24, 2.45) is 0 Å². The summed E-state index contributed by atoms with van der Waals surface area (Å²) in [4.78, 5) is 11.9. The molecule has 1 saturated carbocycles. The van der Waals surface area contributed by atoms with E-state index in [9.17, 15) is 4.79 Å². The molecule has 2 rings (SSSR count). The van der Waals surface area contributed by atoms with Gasteiger partial charge in [-0.05, 0) is 45.8 Å². The predicted molar refractivity (Wildman–Crippen MR) is 75.5 cm³/mol. The topological polar surface area (TPSA) is 57.0 Å². The van der Waals surface area contributed by atoms with Crippen molar-refractivity contribution in [3.05, 3.63) is 11.6 Å². The fourth-order valence-corrected chi connectivity index (χ4v) is 3.42. The van der Waals surface area contributed by atoms with Gasteiger partial charge in [-0.15, -0.1) is 10.2 Å². The van der Waals surface area contributed by atoms with Crippen LogP contribution in [0.3, 0.4) is 0 Å². The molecule has 0 radical (unpaired) electrons.